The van der Waals surface area contributed by atoms with Crippen LogP contribution in [0.4, 0.5) is 0 Å². The van der Waals surface area contributed by atoms with Crippen LogP contribution in [0.5, 0.6) is 0 Å². The number of benzene rings is 1. The van der Waals surface area contributed by atoms with Gasteiger partial charge >= 0.3 is 0 Å². The Kier molecular flexibility index (Phi) is 4.19. The molecule has 1 aromatic carbocycles. The van der Waals surface area contributed by atoms with Crippen molar-refractivity contribution in [2.45, 2.75) is 13.0 Å². The molecule has 1 amide bonds. The van der Waals surface area contributed by atoms with E-state index < -0.39 is 0 Å². The molecule has 0 spiro atoms. The third kappa shape index (κ3) is 3.29. The number of hydrogen-bond acceptors (Lipinski definition) is 3. The zero-order valence-electron chi connectivity index (χ0n) is 13.1. The summed E-state index contributed by atoms with van der Waals surface area (Å²) < 4.78 is 1.62. The van der Waals surface area contributed by atoms with Crippen molar-refractivity contribution in [3.63, 3.8) is 0 Å². The first kappa shape index (κ1) is 15.0. The minimum Gasteiger partial charge on any atom is -0.341 e. The molecule has 5 heteroatoms. The number of amides is 1. The molecule has 0 radical (unpaired) electrons. The van der Waals surface area contributed by atoms with Gasteiger partial charge in [0.05, 0.1) is 17.8 Å². The molecule has 2 aromatic heterocycles. The van der Waals surface area contributed by atoms with E-state index in [-0.39, 0.29) is 11.9 Å². The van der Waals surface area contributed by atoms with Crippen LogP contribution in [0.3, 0.4) is 0 Å². The molecule has 1 N–H and O–H groups in total. The fourth-order valence-corrected chi connectivity index (χ4v) is 2.56. The standard InChI is InChI=1S/C18H18N4O/c1-13-5-3-4-6-16(13)17(14-7-9-19-10-8-14)21-18(23)15-11-20-22(2)12-15/h3-12,17H,1-2H3,(H,21,23). The van der Waals surface area contributed by atoms with Gasteiger partial charge in [0.25, 0.3) is 5.91 Å². The van der Waals surface area contributed by atoms with E-state index in [1.54, 1.807) is 36.5 Å². The largest absolute Gasteiger partial charge is 0.341 e. The molecule has 0 fully saturated rings. The van der Waals surface area contributed by atoms with E-state index in [1.807, 2.05) is 43.3 Å². The van der Waals surface area contributed by atoms with Crippen molar-refractivity contribution in [1.82, 2.24) is 20.1 Å². The highest BCUT2D eigenvalue weighted by atomic mass is 16.1. The zero-order valence-corrected chi connectivity index (χ0v) is 13.1. The van der Waals surface area contributed by atoms with Crippen LogP contribution < -0.4 is 5.32 Å². The van der Waals surface area contributed by atoms with Gasteiger partial charge in [-0.2, -0.15) is 5.10 Å². The lowest BCUT2D eigenvalue weighted by Gasteiger charge is -2.21. The van der Waals surface area contributed by atoms with E-state index in [2.05, 4.69) is 15.4 Å². The summed E-state index contributed by atoms with van der Waals surface area (Å²) in [5, 5.41) is 7.15. The highest BCUT2D eigenvalue weighted by Crippen LogP contribution is 2.24. The van der Waals surface area contributed by atoms with E-state index in [4.69, 9.17) is 0 Å². The number of pyridine rings is 1. The predicted octanol–water partition coefficient (Wildman–Crippen LogP) is 2.64. The average Bonchev–Trinajstić information content (AvgIpc) is 3.01. The van der Waals surface area contributed by atoms with Crippen molar-refractivity contribution in [2.24, 2.45) is 7.05 Å². The summed E-state index contributed by atoms with van der Waals surface area (Å²) >= 11 is 0. The molecule has 0 saturated heterocycles. The van der Waals surface area contributed by atoms with Crippen LogP contribution in [-0.2, 0) is 7.05 Å². The van der Waals surface area contributed by atoms with Crippen molar-refractivity contribution in [3.8, 4) is 0 Å². The van der Waals surface area contributed by atoms with Gasteiger partial charge in [0, 0.05) is 25.6 Å². The summed E-state index contributed by atoms with van der Waals surface area (Å²) in [4.78, 5) is 16.6. The van der Waals surface area contributed by atoms with Crippen molar-refractivity contribution < 1.29 is 4.79 Å². The van der Waals surface area contributed by atoms with Gasteiger partial charge in [-0.3, -0.25) is 14.5 Å². The van der Waals surface area contributed by atoms with Gasteiger partial charge in [-0.25, -0.2) is 0 Å². The SMILES string of the molecule is Cc1ccccc1C(NC(=O)c1cnn(C)c1)c1ccncc1. The maximum Gasteiger partial charge on any atom is 0.255 e. The summed E-state index contributed by atoms with van der Waals surface area (Å²) in [6.45, 7) is 2.04. The molecular weight excluding hydrogens is 288 g/mol. The van der Waals surface area contributed by atoms with E-state index in [0.29, 0.717) is 5.56 Å². The fourth-order valence-electron chi connectivity index (χ4n) is 2.56. The Morgan fingerprint density at radius 3 is 2.57 bits per heavy atom. The number of nitrogens with zero attached hydrogens (tertiary/aromatic N) is 3. The Hall–Kier alpha value is -2.95. The van der Waals surface area contributed by atoms with Gasteiger partial charge < -0.3 is 5.32 Å². The summed E-state index contributed by atoms with van der Waals surface area (Å²) in [5.41, 5.74) is 3.73. The van der Waals surface area contributed by atoms with Crippen molar-refractivity contribution in [2.75, 3.05) is 0 Å². The maximum atomic E-state index is 12.5. The van der Waals surface area contributed by atoms with Crippen molar-refractivity contribution in [3.05, 3.63) is 83.4 Å². The number of carbonyl (C=O) groups excluding carboxylic acids is 1. The lowest BCUT2D eigenvalue weighted by atomic mass is 9.95. The predicted molar refractivity (Wildman–Crippen MR) is 87.9 cm³/mol. The zero-order chi connectivity index (χ0) is 16.2. The number of rotatable bonds is 4. The van der Waals surface area contributed by atoms with Gasteiger partial charge in [0.2, 0.25) is 0 Å². The second kappa shape index (κ2) is 6.44. The molecule has 0 aliphatic heterocycles. The summed E-state index contributed by atoms with van der Waals surface area (Å²) in [5.74, 6) is -0.150. The van der Waals surface area contributed by atoms with E-state index in [0.717, 1.165) is 16.7 Å². The Morgan fingerprint density at radius 1 is 1.17 bits per heavy atom. The lowest BCUT2D eigenvalue weighted by molar-refractivity contribution is 0.0943. The van der Waals surface area contributed by atoms with Gasteiger partial charge in [-0.15, -0.1) is 0 Å². The lowest BCUT2D eigenvalue weighted by Crippen LogP contribution is -2.29. The van der Waals surface area contributed by atoms with Crippen molar-refractivity contribution in [1.29, 1.82) is 0 Å². The normalized spacial score (nSPS) is 11.9. The van der Waals surface area contributed by atoms with Crippen LogP contribution in [0, 0.1) is 6.92 Å². The summed E-state index contributed by atoms with van der Waals surface area (Å²) in [6.07, 6.45) is 6.74. The van der Waals surface area contributed by atoms with Crippen LogP contribution in [0.15, 0.2) is 61.2 Å². The van der Waals surface area contributed by atoms with Gasteiger partial charge in [0.15, 0.2) is 0 Å². The van der Waals surface area contributed by atoms with Crippen LogP contribution in [0.2, 0.25) is 0 Å². The molecule has 0 aliphatic carbocycles. The van der Waals surface area contributed by atoms with E-state index in [1.165, 1.54) is 0 Å². The molecule has 1 unspecified atom stereocenters. The average molecular weight is 306 g/mol. The first-order chi connectivity index (χ1) is 11.1. The molecule has 3 aromatic rings. The minimum absolute atomic E-state index is 0.150. The van der Waals surface area contributed by atoms with Crippen molar-refractivity contribution >= 4 is 5.91 Å². The molecule has 0 bridgehead atoms. The van der Waals surface area contributed by atoms with Crippen LogP contribution >= 0.6 is 0 Å². The monoisotopic (exact) mass is 306 g/mol. The van der Waals surface area contributed by atoms with Crippen LogP contribution in [-0.4, -0.2) is 20.7 Å². The molecular formula is C18H18N4O. The Balaban J connectivity index is 1.96. The number of aromatic nitrogens is 3. The second-order valence-electron chi connectivity index (χ2n) is 5.45. The minimum atomic E-state index is -0.230. The molecule has 5 nitrogen and oxygen atoms in total. The van der Waals surface area contributed by atoms with Crippen LogP contribution in [0.25, 0.3) is 0 Å². The third-order valence-corrected chi connectivity index (χ3v) is 3.78. The number of nitrogens with one attached hydrogen (secondary N) is 1. The highest BCUT2D eigenvalue weighted by molar-refractivity contribution is 5.94. The van der Waals surface area contributed by atoms with Gasteiger partial charge in [-0.1, -0.05) is 24.3 Å². The molecule has 1 atom stereocenters. The third-order valence-electron chi connectivity index (χ3n) is 3.78. The van der Waals surface area contributed by atoms with Crippen LogP contribution in [0.1, 0.15) is 33.1 Å². The second-order valence-corrected chi connectivity index (χ2v) is 5.45. The van der Waals surface area contributed by atoms with Gasteiger partial charge in [0.1, 0.15) is 0 Å². The Morgan fingerprint density at radius 2 is 1.91 bits per heavy atom. The molecule has 116 valence electrons. The smallest absolute Gasteiger partial charge is 0.255 e. The van der Waals surface area contributed by atoms with E-state index in [9.17, 15) is 4.79 Å². The summed E-state index contributed by atoms with van der Waals surface area (Å²) in [6, 6.07) is 11.6. The molecule has 3 rings (SSSR count). The number of carbonyl (C=O) groups is 1. The van der Waals surface area contributed by atoms with E-state index >= 15 is 0 Å². The van der Waals surface area contributed by atoms with Gasteiger partial charge in [-0.05, 0) is 35.7 Å². The summed E-state index contributed by atoms with van der Waals surface area (Å²) in [7, 11) is 1.79. The quantitative estimate of drug-likeness (QED) is 0.806. The number of hydrogen-bond donors (Lipinski definition) is 1. The number of aryl methyl sites for hydroxylation is 2. The molecule has 2 heterocycles. The molecule has 23 heavy (non-hydrogen) atoms. The Labute approximate surface area is 135 Å². The molecule has 0 aliphatic rings. The maximum absolute atomic E-state index is 12.5. The topological polar surface area (TPSA) is 59.8 Å². The first-order valence-corrected chi connectivity index (χ1v) is 7.40. The fraction of sp³-hybridized carbons (Fsp3) is 0.167. The Bertz CT molecular complexity index is 811. The molecule has 0 saturated carbocycles. The highest BCUT2D eigenvalue weighted by Gasteiger charge is 2.19. The first-order valence-electron chi connectivity index (χ1n) is 7.40.